The highest BCUT2D eigenvalue weighted by molar-refractivity contribution is 5.91. The number of nitrogens with one attached hydrogen (secondary N) is 1. The molecular formula is C33H31N3O7. The van der Waals surface area contributed by atoms with Gasteiger partial charge in [-0.05, 0) is 31.3 Å². The molecule has 0 aliphatic carbocycles. The van der Waals surface area contributed by atoms with E-state index in [4.69, 9.17) is 9.15 Å². The van der Waals surface area contributed by atoms with Crippen LogP contribution in [0.3, 0.4) is 0 Å². The minimum atomic E-state index is -1.02. The molecule has 3 heterocycles. The number of phenols is 2. The molecule has 10 heteroatoms. The van der Waals surface area contributed by atoms with E-state index < -0.39 is 28.4 Å². The van der Waals surface area contributed by atoms with Gasteiger partial charge in [0.1, 0.15) is 34.0 Å². The molecule has 6 rings (SSSR count). The lowest BCUT2D eigenvalue weighted by atomic mass is 9.86. The Bertz CT molecular complexity index is 1960. The lowest BCUT2D eigenvalue weighted by molar-refractivity contribution is -0.133. The lowest BCUT2D eigenvalue weighted by Crippen LogP contribution is -2.47. The van der Waals surface area contributed by atoms with E-state index in [2.05, 4.69) is 9.88 Å². The Hall–Kier alpha value is -5.09. The maximum atomic E-state index is 13.8. The molecule has 3 N–H and O–H groups in total. The number of phenolic OH excluding ortho intramolecular Hbond substituents is 2. The van der Waals surface area contributed by atoms with E-state index in [1.54, 1.807) is 53.4 Å². The number of rotatable bonds is 6. The molecule has 0 spiro atoms. The van der Waals surface area contributed by atoms with Crippen LogP contribution < -0.4 is 15.7 Å². The molecule has 5 aromatic rings. The van der Waals surface area contributed by atoms with Crippen molar-refractivity contribution in [2.75, 3.05) is 40.3 Å². The van der Waals surface area contributed by atoms with Gasteiger partial charge in [-0.25, -0.2) is 0 Å². The van der Waals surface area contributed by atoms with Gasteiger partial charge < -0.3 is 34.2 Å². The van der Waals surface area contributed by atoms with Crippen LogP contribution in [0.15, 0.2) is 80.7 Å². The first-order valence-corrected chi connectivity index (χ1v) is 14.0. The second-order valence-electron chi connectivity index (χ2n) is 10.8. The first-order valence-electron chi connectivity index (χ1n) is 14.0. The first-order chi connectivity index (χ1) is 20.7. The molecule has 1 fully saturated rings. The van der Waals surface area contributed by atoms with Gasteiger partial charge in [0.05, 0.1) is 7.11 Å². The summed E-state index contributed by atoms with van der Waals surface area (Å²) in [5.41, 5.74) is 0.352. The highest BCUT2D eigenvalue weighted by atomic mass is 16.5. The maximum absolute atomic E-state index is 13.8. The Morgan fingerprint density at radius 3 is 2.44 bits per heavy atom. The van der Waals surface area contributed by atoms with E-state index >= 15 is 0 Å². The molecule has 220 valence electrons. The van der Waals surface area contributed by atoms with E-state index in [9.17, 15) is 24.6 Å². The fourth-order valence-electron chi connectivity index (χ4n) is 5.72. The fraction of sp³-hybridized carbons (Fsp3) is 0.242. The Labute approximate surface area is 246 Å². The number of hydrogen-bond donors (Lipinski definition) is 3. The SMILES string of the molecule is COc1ccc2[nH]c(=O)c([C@@H](CC(=O)N3CCN(C)CC3)c3c(O)cc(O)c4c(=O)cc(-c5ccccc5)oc34)cc2c1. The molecule has 1 aliphatic rings. The molecule has 0 saturated carbocycles. The first kappa shape index (κ1) is 28.0. The number of aromatic nitrogens is 1. The summed E-state index contributed by atoms with van der Waals surface area (Å²) in [5.74, 6) is -1.32. The topological polar surface area (TPSA) is 136 Å². The van der Waals surface area contributed by atoms with Crippen LogP contribution in [-0.4, -0.2) is 71.2 Å². The quantitative estimate of drug-likeness (QED) is 0.274. The number of nitrogens with zero attached hydrogens (tertiary/aromatic N) is 2. The summed E-state index contributed by atoms with van der Waals surface area (Å²) in [6.07, 6.45) is -0.186. The molecule has 0 radical (unpaired) electrons. The van der Waals surface area contributed by atoms with Crippen LogP contribution in [0.25, 0.3) is 33.2 Å². The summed E-state index contributed by atoms with van der Waals surface area (Å²) >= 11 is 0. The van der Waals surface area contributed by atoms with Crippen molar-refractivity contribution < 1.29 is 24.2 Å². The van der Waals surface area contributed by atoms with E-state index in [0.29, 0.717) is 48.4 Å². The Morgan fingerprint density at radius 2 is 1.72 bits per heavy atom. The molecule has 1 saturated heterocycles. The van der Waals surface area contributed by atoms with Crippen LogP contribution in [0.4, 0.5) is 0 Å². The molecule has 3 aromatic carbocycles. The van der Waals surface area contributed by atoms with Gasteiger partial charge in [-0.2, -0.15) is 0 Å². The summed E-state index contributed by atoms with van der Waals surface area (Å²) in [5, 5.41) is 22.6. The Morgan fingerprint density at radius 1 is 0.977 bits per heavy atom. The average Bonchev–Trinajstić information content (AvgIpc) is 3.00. The normalized spacial score (nSPS) is 14.7. The zero-order valence-corrected chi connectivity index (χ0v) is 23.8. The van der Waals surface area contributed by atoms with Gasteiger partial charge in [0.25, 0.3) is 5.56 Å². The summed E-state index contributed by atoms with van der Waals surface area (Å²) in [4.78, 5) is 47.5. The fourth-order valence-corrected chi connectivity index (χ4v) is 5.72. The van der Waals surface area contributed by atoms with Crippen molar-refractivity contribution in [2.45, 2.75) is 12.3 Å². The van der Waals surface area contributed by atoms with Crippen LogP contribution in [-0.2, 0) is 4.79 Å². The number of aromatic amines is 1. The number of piperazine rings is 1. The number of ether oxygens (including phenoxy) is 1. The lowest BCUT2D eigenvalue weighted by Gasteiger charge is -2.33. The summed E-state index contributed by atoms with van der Waals surface area (Å²) in [6, 6.07) is 18.2. The highest BCUT2D eigenvalue weighted by Gasteiger charge is 2.32. The molecule has 10 nitrogen and oxygen atoms in total. The second-order valence-corrected chi connectivity index (χ2v) is 10.8. The van der Waals surface area contributed by atoms with E-state index in [1.165, 1.54) is 13.2 Å². The maximum Gasteiger partial charge on any atom is 0.252 e. The Balaban J connectivity index is 1.60. The number of likely N-dealkylation sites (N-methyl/N-ethyl adjacent to an activating group) is 1. The number of aromatic hydroxyl groups is 2. The van der Waals surface area contributed by atoms with E-state index in [-0.39, 0.29) is 40.2 Å². The summed E-state index contributed by atoms with van der Waals surface area (Å²) in [7, 11) is 3.53. The number of fused-ring (bicyclic) bond motifs is 2. The van der Waals surface area contributed by atoms with Crippen molar-refractivity contribution in [1.29, 1.82) is 0 Å². The van der Waals surface area contributed by atoms with Crippen LogP contribution in [0.2, 0.25) is 0 Å². The van der Waals surface area contributed by atoms with E-state index in [1.807, 2.05) is 13.1 Å². The van der Waals surface area contributed by atoms with Crippen molar-refractivity contribution in [3.8, 4) is 28.6 Å². The predicted octanol–water partition coefficient (Wildman–Crippen LogP) is 4.02. The number of carbonyl (C=O) groups excluding carboxylic acids is 1. The molecule has 1 amide bonds. The Kier molecular flexibility index (Phi) is 7.37. The van der Waals surface area contributed by atoms with Gasteiger partial charge >= 0.3 is 0 Å². The molecule has 2 aromatic heterocycles. The largest absolute Gasteiger partial charge is 0.507 e. The highest BCUT2D eigenvalue weighted by Crippen LogP contribution is 2.43. The predicted molar refractivity (Wildman–Crippen MR) is 163 cm³/mol. The number of pyridine rings is 1. The summed E-state index contributed by atoms with van der Waals surface area (Å²) in [6.45, 7) is 2.44. The molecule has 0 unspecified atom stereocenters. The molecule has 1 aliphatic heterocycles. The minimum absolute atomic E-state index is 0.0675. The zero-order chi connectivity index (χ0) is 30.2. The second kappa shape index (κ2) is 11.3. The number of methoxy groups -OCH3 is 1. The van der Waals surface area contributed by atoms with Crippen LogP contribution in [0.5, 0.6) is 17.2 Å². The molecule has 0 bridgehead atoms. The van der Waals surface area contributed by atoms with Crippen LogP contribution in [0.1, 0.15) is 23.5 Å². The number of hydrogen-bond acceptors (Lipinski definition) is 8. The van der Waals surface area contributed by atoms with Gasteiger partial charge in [-0.3, -0.25) is 14.4 Å². The van der Waals surface area contributed by atoms with Crippen molar-refractivity contribution in [1.82, 2.24) is 14.8 Å². The molecule has 1 atom stereocenters. The van der Waals surface area contributed by atoms with Gasteiger partial charge in [0.2, 0.25) is 5.91 Å². The van der Waals surface area contributed by atoms with Gasteiger partial charge in [0.15, 0.2) is 5.43 Å². The zero-order valence-electron chi connectivity index (χ0n) is 23.8. The van der Waals surface area contributed by atoms with Crippen LogP contribution >= 0.6 is 0 Å². The average molecular weight is 582 g/mol. The van der Waals surface area contributed by atoms with Crippen LogP contribution in [0, 0.1) is 0 Å². The number of amides is 1. The third-order valence-corrected chi connectivity index (χ3v) is 8.09. The standard InChI is InChI=1S/C33H31N3O7/c1-35-10-12-36(13-11-35)29(40)16-22(23-15-20-14-21(42-2)8-9-24(20)34-33(23)41)30-25(37)17-26(38)31-27(39)18-28(43-32(30)31)19-6-4-3-5-7-19/h3-9,14-15,17-18,22,37-38H,10-13,16H2,1-2H3,(H,34,41)/t22-/m1/s1. The van der Waals surface area contributed by atoms with E-state index in [0.717, 1.165) is 6.07 Å². The van der Waals surface area contributed by atoms with Crippen molar-refractivity contribution >= 4 is 27.8 Å². The number of carbonyl (C=O) groups is 1. The molecular weight excluding hydrogens is 550 g/mol. The summed E-state index contributed by atoms with van der Waals surface area (Å²) < 4.78 is 11.6. The molecule has 43 heavy (non-hydrogen) atoms. The van der Waals surface area contributed by atoms with Gasteiger partial charge in [0, 0.05) is 78.2 Å². The van der Waals surface area contributed by atoms with Crippen molar-refractivity contribution in [2.24, 2.45) is 0 Å². The third kappa shape index (κ3) is 5.32. The van der Waals surface area contributed by atoms with Crippen molar-refractivity contribution in [3.63, 3.8) is 0 Å². The number of benzene rings is 3. The minimum Gasteiger partial charge on any atom is -0.507 e. The van der Waals surface area contributed by atoms with Crippen molar-refractivity contribution in [3.05, 3.63) is 98.4 Å². The monoisotopic (exact) mass is 581 g/mol. The third-order valence-electron chi connectivity index (χ3n) is 8.09. The van der Waals surface area contributed by atoms with Gasteiger partial charge in [-0.1, -0.05) is 30.3 Å². The number of H-pyrrole nitrogens is 1. The smallest absolute Gasteiger partial charge is 0.252 e. The van der Waals surface area contributed by atoms with Gasteiger partial charge in [-0.15, -0.1) is 0 Å².